The summed E-state index contributed by atoms with van der Waals surface area (Å²) in [4.78, 5) is 15.0. The van der Waals surface area contributed by atoms with Gasteiger partial charge in [0.1, 0.15) is 0 Å². The van der Waals surface area contributed by atoms with Crippen LogP contribution >= 0.6 is 11.3 Å². The third kappa shape index (κ3) is 5.40. The van der Waals surface area contributed by atoms with Gasteiger partial charge < -0.3 is 4.57 Å². The third-order valence-electron chi connectivity index (χ3n) is 9.85. The Kier molecular flexibility index (Phi) is 5.42. The van der Waals surface area contributed by atoms with Crippen molar-refractivity contribution in [1.29, 1.82) is 0 Å². The molecule has 0 aliphatic heterocycles. The second kappa shape index (κ2) is 13.3. The van der Waals surface area contributed by atoms with E-state index in [1.165, 1.54) is 6.07 Å². The van der Waals surface area contributed by atoms with Crippen LogP contribution in [-0.2, 0) is 0 Å². The standard InChI is InChI=1S/C51H32N4S/c1-4-15-33(16-5-1)36-27-29-40-39-21-10-12-25-44(39)55(45(40)31-36)46-32-37(38-23-14-24-42-41-22-11-13-26-47(41)56-48(38)42)28-30-43(46)51-53-49(34-17-6-2-7-18-34)52-50(54-51)35-19-8-3-9-20-35/h1-32H/i1D,4D,5D,10D,15D,16D,21D,25D,27D,29D,31D. The molecule has 11 aromatic rings. The SMILES string of the molecule is [2H]c1cc([2H])c2c(c1[2H])c1c([2H])c([2H])c(-c3c([2H])c([2H])c([2H])c([2H])c3[2H])c([2H])c1n2-c1cc(-c2cccc3c2sc2ccccc23)ccc1-c1nc(-c2ccccc2)nc(-c2ccccc2)n1. The van der Waals surface area contributed by atoms with E-state index < -0.39 is 59.5 Å². The lowest BCUT2D eigenvalue weighted by molar-refractivity contribution is 1.06. The number of aromatic nitrogens is 4. The summed E-state index contributed by atoms with van der Waals surface area (Å²) >= 11 is 1.64. The van der Waals surface area contributed by atoms with Gasteiger partial charge in [-0.3, -0.25) is 0 Å². The summed E-state index contributed by atoms with van der Waals surface area (Å²) in [6.07, 6.45) is 0. The van der Waals surface area contributed by atoms with Gasteiger partial charge in [0, 0.05) is 47.6 Å². The first-order valence-corrected chi connectivity index (χ1v) is 18.7. The Morgan fingerprint density at radius 3 is 1.91 bits per heavy atom. The zero-order valence-electron chi connectivity index (χ0n) is 40.3. The number of fused-ring (bicyclic) bond motifs is 6. The van der Waals surface area contributed by atoms with Crippen LogP contribution in [0.1, 0.15) is 15.1 Å². The Hall–Kier alpha value is -7.21. The smallest absolute Gasteiger partial charge is 0.166 e. The van der Waals surface area contributed by atoms with Gasteiger partial charge in [-0.2, -0.15) is 0 Å². The number of thiophene rings is 1. The largest absolute Gasteiger partial charge is 0.308 e. The van der Waals surface area contributed by atoms with Crippen molar-refractivity contribution in [3.05, 3.63) is 194 Å². The summed E-state index contributed by atoms with van der Waals surface area (Å²) in [7, 11) is 0. The van der Waals surface area contributed by atoms with Crippen LogP contribution in [-0.4, -0.2) is 19.5 Å². The minimum Gasteiger partial charge on any atom is -0.308 e. The van der Waals surface area contributed by atoms with Crippen LogP contribution < -0.4 is 0 Å². The normalized spacial score (nSPS) is 14.3. The van der Waals surface area contributed by atoms with Crippen LogP contribution in [0.4, 0.5) is 0 Å². The maximum absolute atomic E-state index is 10.0. The van der Waals surface area contributed by atoms with Crippen molar-refractivity contribution < 1.29 is 15.1 Å². The zero-order chi connectivity index (χ0) is 46.6. The lowest BCUT2D eigenvalue weighted by Gasteiger charge is -2.17. The van der Waals surface area contributed by atoms with Gasteiger partial charge in [0.2, 0.25) is 0 Å². The lowest BCUT2D eigenvalue weighted by atomic mass is 9.99. The fourth-order valence-corrected chi connectivity index (χ4v) is 8.51. The highest BCUT2D eigenvalue weighted by molar-refractivity contribution is 7.26. The lowest BCUT2D eigenvalue weighted by Crippen LogP contribution is -2.04. The molecule has 4 nitrogen and oxygen atoms in total. The number of hydrogen-bond donors (Lipinski definition) is 0. The molecule has 0 radical (unpaired) electrons. The average Bonchev–Trinajstić information content (AvgIpc) is 3.93. The summed E-state index contributed by atoms with van der Waals surface area (Å²) in [5, 5.41) is 2.03. The molecule has 0 spiro atoms. The van der Waals surface area contributed by atoms with Crippen LogP contribution in [0.2, 0.25) is 0 Å². The molecule has 0 N–H and O–H groups in total. The molecule has 0 atom stereocenters. The van der Waals surface area contributed by atoms with Crippen molar-refractivity contribution >= 4 is 53.3 Å². The molecule has 0 saturated carbocycles. The van der Waals surface area contributed by atoms with Crippen molar-refractivity contribution in [3.8, 4) is 62.1 Å². The zero-order valence-corrected chi connectivity index (χ0v) is 30.1. The van der Waals surface area contributed by atoms with Crippen LogP contribution in [0, 0.1) is 0 Å². The molecular weight excluding hydrogens is 701 g/mol. The highest BCUT2D eigenvalue weighted by atomic mass is 32.1. The van der Waals surface area contributed by atoms with Crippen molar-refractivity contribution in [1.82, 2.24) is 19.5 Å². The van der Waals surface area contributed by atoms with E-state index in [-0.39, 0.29) is 45.8 Å². The molecule has 262 valence electrons. The first kappa shape index (κ1) is 22.9. The van der Waals surface area contributed by atoms with E-state index in [1.807, 2.05) is 103 Å². The molecule has 0 unspecified atom stereocenters. The molecule has 8 aromatic carbocycles. The number of nitrogens with zero attached hydrogens (tertiary/aromatic N) is 4. The van der Waals surface area contributed by atoms with Crippen LogP contribution in [0.5, 0.6) is 0 Å². The molecule has 5 heteroatoms. The Labute approximate surface area is 343 Å². The maximum Gasteiger partial charge on any atom is 0.166 e. The molecule has 0 saturated heterocycles. The van der Waals surface area contributed by atoms with E-state index in [4.69, 9.17) is 23.2 Å². The minimum absolute atomic E-state index is 0.0272. The Bertz CT molecular complexity index is 3810. The van der Waals surface area contributed by atoms with Crippen molar-refractivity contribution in [2.75, 3.05) is 0 Å². The van der Waals surface area contributed by atoms with Crippen LogP contribution in [0.15, 0.2) is 194 Å². The fraction of sp³-hybridized carbons (Fsp3) is 0. The first-order valence-electron chi connectivity index (χ1n) is 23.4. The Morgan fingerprint density at radius 1 is 0.429 bits per heavy atom. The molecule has 56 heavy (non-hydrogen) atoms. The quantitative estimate of drug-likeness (QED) is 0.170. The number of rotatable bonds is 6. The Balaban J connectivity index is 1.33. The fourth-order valence-electron chi connectivity index (χ4n) is 7.28. The summed E-state index contributed by atoms with van der Waals surface area (Å²) in [6, 6.07) is 34.1. The van der Waals surface area contributed by atoms with Gasteiger partial charge in [0.05, 0.1) is 31.8 Å². The summed E-state index contributed by atoms with van der Waals surface area (Å²) in [5.41, 5.74) is 2.87. The van der Waals surface area contributed by atoms with Crippen molar-refractivity contribution in [3.63, 3.8) is 0 Å². The first-order chi connectivity index (χ1) is 32.3. The summed E-state index contributed by atoms with van der Waals surface area (Å²) < 4.78 is 103. The van der Waals surface area contributed by atoms with Gasteiger partial charge >= 0.3 is 0 Å². The molecule has 3 aromatic heterocycles. The third-order valence-corrected chi connectivity index (χ3v) is 11.1. The van der Waals surface area contributed by atoms with E-state index in [9.17, 15) is 6.85 Å². The van der Waals surface area contributed by atoms with Crippen molar-refractivity contribution in [2.24, 2.45) is 0 Å². The van der Waals surface area contributed by atoms with E-state index in [0.29, 0.717) is 34.0 Å². The molecular formula is C51H32N4S. The van der Waals surface area contributed by atoms with Crippen molar-refractivity contribution in [2.45, 2.75) is 0 Å². The molecule has 11 rings (SSSR count). The topological polar surface area (TPSA) is 43.6 Å². The van der Waals surface area contributed by atoms with Gasteiger partial charge in [-0.25, -0.2) is 15.0 Å². The molecule has 0 aliphatic rings. The molecule has 0 fully saturated rings. The van der Waals surface area contributed by atoms with E-state index >= 15 is 0 Å². The van der Waals surface area contributed by atoms with Gasteiger partial charge in [-0.1, -0.05) is 164 Å². The van der Waals surface area contributed by atoms with Gasteiger partial charge in [0.25, 0.3) is 0 Å². The monoisotopic (exact) mass is 743 g/mol. The molecule has 0 amide bonds. The molecule has 0 aliphatic carbocycles. The number of benzene rings is 8. The van der Waals surface area contributed by atoms with Gasteiger partial charge in [0.15, 0.2) is 17.5 Å². The minimum atomic E-state index is -0.675. The predicted octanol–water partition coefficient (Wildman–Crippen LogP) is 13.7. The van der Waals surface area contributed by atoms with Gasteiger partial charge in [-0.05, 0) is 52.5 Å². The second-order valence-electron chi connectivity index (χ2n) is 13.1. The molecule has 0 bridgehead atoms. The highest BCUT2D eigenvalue weighted by Crippen LogP contribution is 2.43. The Morgan fingerprint density at radius 2 is 1.12 bits per heavy atom. The van der Waals surface area contributed by atoms with E-state index in [0.717, 1.165) is 31.3 Å². The predicted molar refractivity (Wildman–Crippen MR) is 234 cm³/mol. The summed E-state index contributed by atoms with van der Waals surface area (Å²) in [6.45, 7) is 0. The maximum atomic E-state index is 10.0. The highest BCUT2D eigenvalue weighted by Gasteiger charge is 2.21. The van der Waals surface area contributed by atoms with E-state index in [2.05, 4.69) is 18.2 Å². The second-order valence-corrected chi connectivity index (χ2v) is 14.2. The summed E-state index contributed by atoms with van der Waals surface area (Å²) in [5.74, 6) is 0.934. The van der Waals surface area contributed by atoms with Gasteiger partial charge in [-0.15, -0.1) is 11.3 Å². The number of hydrogen-bond acceptors (Lipinski definition) is 4. The van der Waals surface area contributed by atoms with E-state index in [1.54, 1.807) is 15.9 Å². The van der Waals surface area contributed by atoms with Crippen LogP contribution in [0.3, 0.4) is 0 Å². The van der Waals surface area contributed by atoms with Crippen LogP contribution in [0.25, 0.3) is 104 Å². The number of para-hydroxylation sites is 1. The average molecular weight is 744 g/mol. The molecule has 3 heterocycles.